The van der Waals surface area contributed by atoms with Gasteiger partial charge in [0, 0.05) is 68.1 Å². The van der Waals surface area contributed by atoms with Crippen LogP contribution in [0.15, 0.2) is 66.6 Å². The van der Waals surface area contributed by atoms with Crippen LogP contribution in [-0.4, -0.2) is 112 Å². The van der Waals surface area contributed by atoms with Gasteiger partial charge in [0.2, 0.25) is 17.7 Å². The Bertz CT molecular complexity index is 2340. The molecule has 2 fully saturated rings. The van der Waals surface area contributed by atoms with Crippen molar-refractivity contribution in [2.24, 2.45) is 16.2 Å². The maximum Gasteiger partial charge on any atom is 0.254 e. The van der Waals surface area contributed by atoms with Crippen molar-refractivity contribution in [3.8, 4) is 22.3 Å². The van der Waals surface area contributed by atoms with Gasteiger partial charge in [-0.2, -0.15) is 10.4 Å². The summed E-state index contributed by atoms with van der Waals surface area (Å²) in [4.78, 5) is 60.2. The van der Waals surface area contributed by atoms with Crippen molar-refractivity contribution in [1.82, 2.24) is 35.6 Å². The molecule has 4 aromatic rings. The third-order valence-corrected chi connectivity index (χ3v) is 13.4. The summed E-state index contributed by atoms with van der Waals surface area (Å²) in [6.45, 7) is 15.3. The van der Waals surface area contributed by atoms with Crippen LogP contribution in [0.1, 0.15) is 89.2 Å². The number of aliphatic hydroxyl groups is 1. The molecule has 2 aromatic carbocycles. The molecule has 3 heterocycles. The number of thiazole rings is 1. The van der Waals surface area contributed by atoms with Crippen LogP contribution < -0.4 is 20.7 Å². The molecule has 1 aliphatic heterocycles. The Labute approximate surface area is 395 Å². The molecule has 2 aliphatic rings. The van der Waals surface area contributed by atoms with E-state index in [9.17, 15) is 29.5 Å². The first-order valence-electron chi connectivity index (χ1n) is 22.2. The van der Waals surface area contributed by atoms with Crippen LogP contribution in [-0.2, 0) is 36.9 Å². The number of ether oxygens (including phenoxy) is 3. The third kappa shape index (κ3) is 12.1. The molecule has 0 radical (unpaired) electrons. The predicted molar refractivity (Wildman–Crippen MR) is 249 cm³/mol. The van der Waals surface area contributed by atoms with Gasteiger partial charge in [-0.3, -0.25) is 28.8 Å². The standard InChI is InChI=1S/C48H61ClN8O8S/c1-46(2,3)40(43(62)57-27-34(58)20-37(57)42(61)52-23-30-10-12-31(13-11-30)38-25-51-29-66-38)54-39(59)28-64-18-9-8-17-63-19-16-56-26-33(24-53-56)41(60)55-44-47(4,5)45(48(44,6)7)65-35-15-14-32(22-50)36(49)21-35/h10-15,21,24-26,29,34,37,40,44-45,58H,8-9,16-20,23,27-28H2,1-7H3,(H,52,61)(H,54,59)(H,55,60)/t34-,37+,40-,44-,45-/m1/s1. The number of halogens is 1. The van der Waals surface area contributed by atoms with Gasteiger partial charge in [-0.1, -0.05) is 84.3 Å². The van der Waals surface area contributed by atoms with Gasteiger partial charge in [-0.15, -0.1) is 11.3 Å². The van der Waals surface area contributed by atoms with Gasteiger partial charge in [0.15, 0.2) is 0 Å². The highest BCUT2D eigenvalue weighted by Crippen LogP contribution is 2.55. The van der Waals surface area contributed by atoms with E-state index in [0.29, 0.717) is 61.1 Å². The molecular weight excluding hydrogens is 884 g/mol. The average molecular weight is 946 g/mol. The lowest BCUT2D eigenvalue weighted by molar-refractivity contribution is -0.164. The van der Waals surface area contributed by atoms with E-state index in [1.807, 2.05) is 72.7 Å². The fourth-order valence-electron chi connectivity index (χ4n) is 9.02. The zero-order chi connectivity index (χ0) is 47.8. The minimum Gasteiger partial charge on any atom is -0.489 e. The number of hydrogen-bond donors (Lipinski definition) is 4. The Hall–Kier alpha value is -5.38. The van der Waals surface area contributed by atoms with Crippen LogP contribution in [0.2, 0.25) is 5.02 Å². The average Bonchev–Trinajstić information content (AvgIpc) is 4.07. The number of rotatable bonds is 20. The van der Waals surface area contributed by atoms with Gasteiger partial charge in [-0.25, -0.2) is 0 Å². The molecule has 0 bridgehead atoms. The Balaban J connectivity index is 0.862. The third-order valence-electron chi connectivity index (χ3n) is 12.3. The zero-order valence-corrected chi connectivity index (χ0v) is 40.2. The normalized spacial score (nSPS) is 20.2. The van der Waals surface area contributed by atoms with Crippen molar-refractivity contribution in [3.05, 3.63) is 88.3 Å². The van der Waals surface area contributed by atoms with Gasteiger partial charge < -0.3 is 40.2 Å². The van der Waals surface area contributed by atoms with E-state index in [0.717, 1.165) is 16.0 Å². The summed E-state index contributed by atoms with van der Waals surface area (Å²) >= 11 is 7.77. The van der Waals surface area contributed by atoms with E-state index in [2.05, 4.69) is 32.1 Å². The SMILES string of the molecule is CC(C)(C)[C@H](NC(=O)COCCCCOCCn1cc(C(=O)N[C@H]2C(C)(C)[C@H](Oc3ccc(C#N)c(Cl)c3)C2(C)C)cn1)C(=O)N1C[C@H](O)C[C@H]1C(=O)NCc1ccc(-c2cncs2)cc1. The second-order valence-corrected chi connectivity index (χ2v) is 20.5. The number of nitrogens with zero attached hydrogens (tertiary/aromatic N) is 5. The molecule has 354 valence electrons. The van der Waals surface area contributed by atoms with Crippen molar-refractivity contribution >= 4 is 46.6 Å². The van der Waals surface area contributed by atoms with Crippen LogP contribution in [0.4, 0.5) is 0 Å². The van der Waals surface area contributed by atoms with Gasteiger partial charge in [0.05, 0.1) is 52.0 Å². The van der Waals surface area contributed by atoms with Crippen molar-refractivity contribution in [1.29, 1.82) is 5.26 Å². The first kappa shape index (κ1) is 50.0. The molecule has 1 saturated heterocycles. The number of amides is 4. The molecule has 1 aliphatic carbocycles. The largest absolute Gasteiger partial charge is 0.489 e. The van der Waals surface area contributed by atoms with E-state index < -0.39 is 46.2 Å². The van der Waals surface area contributed by atoms with Crippen molar-refractivity contribution in [2.45, 2.75) is 111 Å². The highest BCUT2D eigenvalue weighted by atomic mass is 35.5. The number of nitriles is 1. The first-order valence-corrected chi connectivity index (χ1v) is 23.4. The predicted octanol–water partition coefficient (Wildman–Crippen LogP) is 5.77. The molecule has 16 nitrogen and oxygen atoms in total. The number of benzene rings is 2. The summed E-state index contributed by atoms with van der Waals surface area (Å²) in [5, 5.41) is 33.3. The molecule has 2 aromatic heterocycles. The minimum atomic E-state index is -0.958. The van der Waals surface area contributed by atoms with Gasteiger partial charge in [0.1, 0.15) is 36.6 Å². The number of unbranched alkanes of at least 4 members (excludes halogenated alkanes) is 1. The quantitative estimate of drug-likeness (QED) is 0.0783. The molecule has 66 heavy (non-hydrogen) atoms. The number of aromatic nitrogens is 3. The molecule has 3 atom stereocenters. The van der Waals surface area contributed by atoms with Crippen molar-refractivity contribution < 1.29 is 38.5 Å². The number of carbonyl (C=O) groups excluding carboxylic acids is 4. The van der Waals surface area contributed by atoms with E-state index in [4.69, 9.17) is 25.8 Å². The molecule has 0 unspecified atom stereocenters. The van der Waals surface area contributed by atoms with Gasteiger partial charge >= 0.3 is 0 Å². The minimum absolute atomic E-state index is 0.0163. The number of β-amino-alcohol motifs (C(OH)–C–C–N with tert-alkyl or cyclic N) is 1. The van der Waals surface area contributed by atoms with Crippen LogP contribution in [0, 0.1) is 27.6 Å². The summed E-state index contributed by atoms with van der Waals surface area (Å²) in [5.41, 5.74) is 3.01. The molecule has 4 amide bonds. The number of carbonyl (C=O) groups is 4. The monoisotopic (exact) mass is 944 g/mol. The Morgan fingerprint density at radius 1 is 1.02 bits per heavy atom. The Morgan fingerprint density at radius 2 is 1.73 bits per heavy atom. The summed E-state index contributed by atoms with van der Waals surface area (Å²) in [6.07, 6.45) is 5.36. The van der Waals surface area contributed by atoms with Crippen LogP contribution in [0.3, 0.4) is 0 Å². The Kier molecular flexibility index (Phi) is 16.3. The van der Waals surface area contributed by atoms with Gasteiger partial charge in [0.25, 0.3) is 5.91 Å². The number of nitrogens with one attached hydrogen (secondary N) is 3. The molecule has 0 spiro atoms. The molecule has 4 N–H and O–H groups in total. The van der Waals surface area contributed by atoms with E-state index >= 15 is 0 Å². The molecule has 6 rings (SSSR count). The smallest absolute Gasteiger partial charge is 0.254 e. The fourth-order valence-corrected chi connectivity index (χ4v) is 9.86. The van der Waals surface area contributed by atoms with E-state index in [-0.39, 0.29) is 50.1 Å². The number of likely N-dealkylation sites (tertiary alicyclic amines) is 1. The maximum absolute atomic E-state index is 13.9. The molecule has 18 heteroatoms. The van der Waals surface area contributed by atoms with Crippen molar-refractivity contribution in [2.75, 3.05) is 33.0 Å². The number of aliphatic hydroxyl groups excluding tert-OH is 1. The second kappa shape index (κ2) is 21.5. The van der Waals surface area contributed by atoms with Crippen LogP contribution in [0.25, 0.3) is 10.4 Å². The molecular formula is C48H61ClN8O8S. The lowest BCUT2D eigenvalue weighted by Gasteiger charge is -2.63. The summed E-state index contributed by atoms with van der Waals surface area (Å²) in [6, 6.07) is 12.8. The lowest BCUT2D eigenvalue weighted by Crippen LogP contribution is -2.74. The summed E-state index contributed by atoms with van der Waals surface area (Å²) in [5.74, 6) is -0.941. The van der Waals surface area contributed by atoms with Crippen LogP contribution in [0.5, 0.6) is 5.75 Å². The highest BCUT2D eigenvalue weighted by molar-refractivity contribution is 7.13. The first-order chi connectivity index (χ1) is 31.3. The van der Waals surface area contributed by atoms with E-state index in [1.54, 1.807) is 52.1 Å². The fraction of sp³-hybridized carbons (Fsp3) is 0.521. The maximum atomic E-state index is 13.9. The van der Waals surface area contributed by atoms with Crippen molar-refractivity contribution in [3.63, 3.8) is 0 Å². The van der Waals surface area contributed by atoms with E-state index in [1.165, 1.54) is 11.1 Å². The highest BCUT2D eigenvalue weighted by Gasteiger charge is 2.64. The van der Waals surface area contributed by atoms with Gasteiger partial charge in [-0.05, 0) is 41.5 Å². The zero-order valence-electron chi connectivity index (χ0n) is 38.6. The summed E-state index contributed by atoms with van der Waals surface area (Å²) < 4.78 is 19.4. The lowest BCUT2D eigenvalue weighted by atomic mass is 9.49. The number of hydrogen-bond acceptors (Lipinski definition) is 12. The summed E-state index contributed by atoms with van der Waals surface area (Å²) in [7, 11) is 0. The Morgan fingerprint density at radius 3 is 2.38 bits per heavy atom. The van der Waals surface area contributed by atoms with Crippen LogP contribution >= 0.6 is 22.9 Å². The second-order valence-electron chi connectivity index (χ2n) is 19.2. The molecule has 1 saturated carbocycles. The topological polar surface area (TPSA) is 210 Å².